The Bertz CT molecular complexity index is 403. The number of esters is 1. The van der Waals surface area contributed by atoms with Gasteiger partial charge >= 0.3 is 5.97 Å². The number of benzene rings is 1. The summed E-state index contributed by atoms with van der Waals surface area (Å²) < 4.78 is 5.13. The quantitative estimate of drug-likeness (QED) is 0.607. The lowest BCUT2D eigenvalue weighted by Crippen LogP contribution is -2.28. The zero-order valence-electron chi connectivity index (χ0n) is 11.5. The molecule has 0 aliphatic rings. The largest absolute Gasteiger partial charge is 0.466 e. The van der Waals surface area contributed by atoms with Gasteiger partial charge in [-0.2, -0.15) is 0 Å². The Balaban J connectivity index is 2.60. The van der Waals surface area contributed by atoms with Crippen LogP contribution in [0.5, 0.6) is 0 Å². The molecule has 0 fully saturated rings. The molecule has 0 heterocycles. The third-order valence-electron chi connectivity index (χ3n) is 2.71. The van der Waals surface area contributed by atoms with Crippen molar-refractivity contribution in [2.75, 3.05) is 6.61 Å². The van der Waals surface area contributed by atoms with Gasteiger partial charge in [-0.3, -0.25) is 9.59 Å². The van der Waals surface area contributed by atoms with E-state index >= 15 is 0 Å². The van der Waals surface area contributed by atoms with E-state index in [0.717, 1.165) is 18.4 Å². The van der Waals surface area contributed by atoms with E-state index in [1.165, 1.54) is 6.92 Å². The fourth-order valence-electron chi connectivity index (χ4n) is 1.74. The molecule has 0 saturated carbocycles. The van der Waals surface area contributed by atoms with Gasteiger partial charge in [0.2, 0.25) is 5.91 Å². The summed E-state index contributed by atoms with van der Waals surface area (Å²) >= 11 is 0. The van der Waals surface area contributed by atoms with Crippen molar-refractivity contribution in [2.24, 2.45) is 0 Å². The highest BCUT2D eigenvalue weighted by Crippen LogP contribution is 2.17. The number of ether oxygens (including phenoxy) is 1. The van der Waals surface area contributed by atoms with Crippen LogP contribution in [0.2, 0.25) is 0 Å². The van der Waals surface area contributed by atoms with E-state index < -0.39 is 0 Å². The van der Waals surface area contributed by atoms with Gasteiger partial charge in [0.05, 0.1) is 19.1 Å². The van der Waals surface area contributed by atoms with Crippen molar-refractivity contribution in [3.63, 3.8) is 0 Å². The molecule has 1 amide bonds. The fraction of sp³-hybridized carbons (Fsp3) is 0.467. The first-order chi connectivity index (χ1) is 9.13. The van der Waals surface area contributed by atoms with Crippen LogP contribution in [0, 0.1) is 0 Å². The van der Waals surface area contributed by atoms with Crippen LogP contribution >= 0.6 is 0 Å². The molecule has 0 aromatic heterocycles. The number of hydrogen-bond acceptors (Lipinski definition) is 3. The molecule has 0 aliphatic heterocycles. The normalized spacial score (nSPS) is 11.7. The van der Waals surface area contributed by atoms with Crippen LogP contribution in [0.25, 0.3) is 0 Å². The van der Waals surface area contributed by atoms with E-state index in [1.807, 2.05) is 37.3 Å². The maximum atomic E-state index is 11.7. The van der Waals surface area contributed by atoms with Crippen LogP contribution in [0.1, 0.15) is 44.7 Å². The number of rotatable bonds is 7. The Kier molecular flexibility index (Phi) is 6.64. The summed E-state index contributed by atoms with van der Waals surface area (Å²) in [7, 11) is 0. The average Bonchev–Trinajstić information content (AvgIpc) is 2.39. The van der Waals surface area contributed by atoms with Gasteiger partial charge < -0.3 is 10.1 Å². The van der Waals surface area contributed by atoms with E-state index in [2.05, 4.69) is 5.32 Å². The van der Waals surface area contributed by atoms with Gasteiger partial charge in [-0.1, -0.05) is 43.7 Å². The Morgan fingerprint density at radius 3 is 2.53 bits per heavy atom. The van der Waals surface area contributed by atoms with Gasteiger partial charge in [0.25, 0.3) is 0 Å². The molecule has 0 spiro atoms. The van der Waals surface area contributed by atoms with Crippen molar-refractivity contribution in [1.29, 1.82) is 0 Å². The van der Waals surface area contributed by atoms with Gasteiger partial charge in [-0.05, 0) is 12.0 Å². The maximum absolute atomic E-state index is 11.7. The fourth-order valence-corrected chi connectivity index (χ4v) is 1.74. The molecule has 0 bridgehead atoms. The lowest BCUT2D eigenvalue weighted by atomic mass is 10.0. The maximum Gasteiger partial charge on any atom is 0.308 e. The summed E-state index contributed by atoms with van der Waals surface area (Å²) in [6.07, 6.45) is 2.01. The van der Waals surface area contributed by atoms with E-state index in [-0.39, 0.29) is 24.3 Å². The molecule has 1 N–H and O–H groups in total. The van der Waals surface area contributed by atoms with Crippen LogP contribution in [0.15, 0.2) is 30.3 Å². The topological polar surface area (TPSA) is 55.4 Å². The van der Waals surface area contributed by atoms with E-state index in [9.17, 15) is 9.59 Å². The molecule has 1 atom stereocenters. The third-order valence-corrected chi connectivity index (χ3v) is 2.71. The van der Waals surface area contributed by atoms with E-state index in [0.29, 0.717) is 6.61 Å². The van der Waals surface area contributed by atoms with Gasteiger partial charge in [0, 0.05) is 6.92 Å². The summed E-state index contributed by atoms with van der Waals surface area (Å²) in [4.78, 5) is 22.9. The molecular weight excluding hydrogens is 242 g/mol. The first-order valence-electron chi connectivity index (χ1n) is 6.61. The molecule has 1 rings (SSSR count). The lowest BCUT2D eigenvalue weighted by molar-refractivity contribution is -0.144. The van der Waals surface area contributed by atoms with Gasteiger partial charge in [-0.25, -0.2) is 0 Å². The molecule has 19 heavy (non-hydrogen) atoms. The van der Waals surface area contributed by atoms with E-state index in [4.69, 9.17) is 4.74 Å². The molecule has 4 nitrogen and oxygen atoms in total. The van der Waals surface area contributed by atoms with Crippen LogP contribution in [0.4, 0.5) is 0 Å². The van der Waals surface area contributed by atoms with Crippen molar-refractivity contribution >= 4 is 11.9 Å². The first-order valence-corrected chi connectivity index (χ1v) is 6.61. The standard InChI is InChI=1S/C15H21NO3/c1-3-4-10-19-15(18)11-14(16-12(2)17)13-8-6-5-7-9-13/h5-9,14H,3-4,10-11H2,1-2H3,(H,16,17)/t14-/m1/s1. The molecule has 0 aliphatic carbocycles. The third kappa shape index (κ3) is 6.04. The Morgan fingerprint density at radius 2 is 1.95 bits per heavy atom. The summed E-state index contributed by atoms with van der Waals surface area (Å²) in [5.74, 6) is -0.439. The number of carbonyl (C=O) groups is 2. The molecule has 0 radical (unpaired) electrons. The number of hydrogen-bond donors (Lipinski definition) is 1. The minimum absolute atomic E-state index is 0.157. The smallest absolute Gasteiger partial charge is 0.308 e. The molecule has 1 aromatic carbocycles. The molecule has 104 valence electrons. The first kappa shape index (κ1) is 15.2. The second-order valence-corrected chi connectivity index (χ2v) is 4.44. The van der Waals surface area contributed by atoms with Gasteiger partial charge in [-0.15, -0.1) is 0 Å². The predicted molar refractivity (Wildman–Crippen MR) is 73.5 cm³/mol. The van der Waals surface area contributed by atoms with Crippen LogP contribution in [-0.4, -0.2) is 18.5 Å². The summed E-state index contributed by atoms with van der Waals surface area (Å²) in [5, 5.41) is 2.78. The van der Waals surface area contributed by atoms with Crippen LogP contribution in [0.3, 0.4) is 0 Å². The number of carbonyl (C=O) groups excluding carboxylic acids is 2. The number of amides is 1. The minimum atomic E-state index is -0.326. The highest BCUT2D eigenvalue weighted by atomic mass is 16.5. The van der Waals surface area contributed by atoms with Crippen molar-refractivity contribution in [1.82, 2.24) is 5.32 Å². The highest BCUT2D eigenvalue weighted by molar-refractivity contribution is 5.76. The molecule has 0 saturated heterocycles. The number of unbranched alkanes of at least 4 members (excludes halogenated alkanes) is 1. The zero-order chi connectivity index (χ0) is 14.1. The van der Waals surface area contributed by atoms with Crippen molar-refractivity contribution in [3.8, 4) is 0 Å². The Labute approximate surface area is 114 Å². The average molecular weight is 263 g/mol. The van der Waals surface area contributed by atoms with Crippen LogP contribution in [-0.2, 0) is 14.3 Å². The van der Waals surface area contributed by atoms with Gasteiger partial charge in [0.15, 0.2) is 0 Å². The van der Waals surface area contributed by atoms with Crippen molar-refractivity contribution in [2.45, 2.75) is 39.2 Å². The zero-order valence-corrected chi connectivity index (χ0v) is 11.5. The SMILES string of the molecule is CCCCOC(=O)C[C@@H](NC(C)=O)c1ccccc1. The van der Waals surface area contributed by atoms with Crippen LogP contribution < -0.4 is 5.32 Å². The monoisotopic (exact) mass is 263 g/mol. The lowest BCUT2D eigenvalue weighted by Gasteiger charge is -2.17. The second-order valence-electron chi connectivity index (χ2n) is 4.44. The molecule has 4 heteroatoms. The number of nitrogens with one attached hydrogen (secondary N) is 1. The Hall–Kier alpha value is -1.84. The predicted octanol–water partition coefficient (Wildman–Crippen LogP) is 2.60. The van der Waals surface area contributed by atoms with E-state index in [1.54, 1.807) is 0 Å². The summed E-state index contributed by atoms with van der Waals surface area (Å²) in [5.41, 5.74) is 0.908. The Morgan fingerprint density at radius 1 is 1.26 bits per heavy atom. The minimum Gasteiger partial charge on any atom is -0.466 e. The van der Waals surface area contributed by atoms with Crippen molar-refractivity contribution in [3.05, 3.63) is 35.9 Å². The molecule has 0 unspecified atom stereocenters. The second kappa shape index (κ2) is 8.29. The molecular formula is C15H21NO3. The van der Waals surface area contributed by atoms with Gasteiger partial charge in [0.1, 0.15) is 0 Å². The summed E-state index contributed by atoms with van der Waals surface area (Å²) in [6, 6.07) is 9.11. The highest BCUT2D eigenvalue weighted by Gasteiger charge is 2.17. The molecule has 1 aromatic rings. The summed E-state index contributed by atoms with van der Waals surface area (Å²) in [6.45, 7) is 3.92. The van der Waals surface area contributed by atoms with Crippen molar-refractivity contribution < 1.29 is 14.3 Å².